The summed E-state index contributed by atoms with van der Waals surface area (Å²) in [5.74, 6) is 0. The Kier molecular flexibility index (Phi) is 4.31. The van der Waals surface area contributed by atoms with Gasteiger partial charge in [-0.2, -0.15) is 0 Å². The number of halogens is 2. The lowest BCUT2D eigenvalue weighted by Crippen LogP contribution is -2.43. The van der Waals surface area contributed by atoms with Crippen LogP contribution in [0.3, 0.4) is 0 Å². The van der Waals surface area contributed by atoms with E-state index in [4.69, 9.17) is 0 Å². The number of hydrogen-bond acceptors (Lipinski definition) is 4. The monoisotopic (exact) mass is 638 g/mol. The Morgan fingerprint density at radius 3 is 1.51 bits per heavy atom. The van der Waals surface area contributed by atoms with Gasteiger partial charge in [0.1, 0.15) is 6.17 Å². The van der Waals surface area contributed by atoms with Crippen molar-refractivity contribution in [3.05, 3.63) is 106 Å². The van der Waals surface area contributed by atoms with E-state index >= 15 is 0 Å². The second-order valence-corrected chi connectivity index (χ2v) is 13.6. The van der Waals surface area contributed by atoms with Gasteiger partial charge in [-0.15, -0.1) is 0 Å². The zero-order chi connectivity index (χ0) is 24.4. The Morgan fingerprint density at radius 2 is 1.00 bits per heavy atom. The SMILES string of the molecule is Brc1cc2c3c(c1)-c1cccc4c1C(N3c1ccccc1S2)N1c2ccccc2Sc2cc(Br)cc-4c21. The average molecular weight is 640 g/mol. The molecule has 0 saturated carbocycles. The van der Waals surface area contributed by atoms with Gasteiger partial charge in [-0.05, 0) is 59.7 Å². The maximum Gasteiger partial charge on any atom is 0.138 e. The Bertz CT molecular complexity index is 1720. The van der Waals surface area contributed by atoms with Gasteiger partial charge in [0.15, 0.2) is 0 Å². The molecular weight excluding hydrogens is 624 g/mol. The highest BCUT2D eigenvalue weighted by Gasteiger charge is 2.47. The molecule has 0 unspecified atom stereocenters. The summed E-state index contributed by atoms with van der Waals surface area (Å²) < 4.78 is 2.23. The zero-order valence-electron chi connectivity index (χ0n) is 19.2. The van der Waals surface area contributed by atoms with E-state index in [1.54, 1.807) is 0 Å². The molecule has 0 radical (unpaired) electrons. The van der Waals surface area contributed by atoms with Crippen LogP contribution in [0.1, 0.15) is 11.7 Å². The number of fused-ring (bicyclic) bond motifs is 8. The van der Waals surface area contributed by atoms with Crippen LogP contribution in [0.5, 0.6) is 0 Å². The highest BCUT2D eigenvalue weighted by molar-refractivity contribution is 9.10. The van der Waals surface area contributed by atoms with Crippen LogP contribution in [0, 0.1) is 0 Å². The molecule has 4 aliphatic rings. The minimum absolute atomic E-state index is 0.00940. The maximum absolute atomic E-state index is 3.83. The van der Waals surface area contributed by atoms with E-state index in [0.717, 1.165) is 8.95 Å². The molecule has 0 saturated heterocycles. The second kappa shape index (κ2) is 7.48. The van der Waals surface area contributed by atoms with E-state index < -0.39 is 0 Å². The van der Waals surface area contributed by atoms with Crippen molar-refractivity contribution in [1.29, 1.82) is 0 Å². The van der Waals surface area contributed by atoms with Crippen LogP contribution in [0.2, 0.25) is 0 Å². The van der Waals surface area contributed by atoms with Crippen LogP contribution >= 0.6 is 55.4 Å². The standard InChI is InChI=1S/C31H16Br2N2S2/c32-16-12-20-18-6-5-7-19-21-13-17(33)15-27-30(21)35(23-9-2-4-11-25(23)37-27)31(28(18)19)34-22-8-1-3-10-24(22)36-26(14-16)29(20)34/h1-15,31H. The highest BCUT2D eigenvalue weighted by Crippen LogP contribution is 2.66. The molecule has 5 aromatic rings. The van der Waals surface area contributed by atoms with Crippen molar-refractivity contribution in [1.82, 2.24) is 0 Å². The van der Waals surface area contributed by atoms with Crippen LogP contribution in [0.4, 0.5) is 22.7 Å². The lowest BCUT2D eigenvalue weighted by molar-refractivity contribution is 0.673. The number of para-hydroxylation sites is 2. The molecule has 4 aliphatic heterocycles. The van der Waals surface area contributed by atoms with Crippen molar-refractivity contribution >= 4 is 78.1 Å². The minimum atomic E-state index is 0.00940. The first-order chi connectivity index (χ1) is 18.2. The number of benzene rings is 5. The van der Waals surface area contributed by atoms with Gasteiger partial charge >= 0.3 is 0 Å². The lowest BCUT2D eigenvalue weighted by atomic mass is 9.81. The third kappa shape index (κ3) is 2.74. The van der Waals surface area contributed by atoms with Crippen LogP contribution < -0.4 is 9.80 Å². The molecule has 6 heteroatoms. The molecule has 5 aromatic carbocycles. The summed E-state index contributed by atoms with van der Waals surface area (Å²) in [5.41, 5.74) is 11.7. The molecule has 0 aromatic heterocycles. The molecule has 4 heterocycles. The van der Waals surface area contributed by atoms with Gasteiger partial charge in [0, 0.05) is 45.2 Å². The van der Waals surface area contributed by atoms with Crippen molar-refractivity contribution in [3.63, 3.8) is 0 Å². The third-order valence-electron chi connectivity index (χ3n) is 7.68. The van der Waals surface area contributed by atoms with Gasteiger partial charge in [0.25, 0.3) is 0 Å². The normalized spacial score (nSPS) is 15.4. The fraction of sp³-hybridized carbons (Fsp3) is 0.0323. The van der Waals surface area contributed by atoms with Gasteiger partial charge in [0.05, 0.1) is 22.7 Å². The van der Waals surface area contributed by atoms with Gasteiger partial charge in [-0.3, -0.25) is 0 Å². The number of rotatable bonds is 0. The number of anilines is 4. The molecule has 0 fully saturated rings. The molecule has 0 bridgehead atoms. The molecule has 0 spiro atoms. The zero-order valence-corrected chi connectivity index (χ0v) is 24.0. The quantitative estimate of drug-likeness (QED) is 0.166. The predicted octanol–water partition coefficient (Wildman–Crippen LogP) is 10.8. The van der Waals surface area contributed by atoms with Gasteiger partial charge in [0.2, 0.25) is 0 Å². The number of hydrogen-bond donors (Lipinski definition) is 0. The summed E-state index contributed by atoms with van der Waals surface area (Å²) in [6.07, 6.45) is 0.00940. The topological polar surface area (TPSA) is 6.48 Å². The first-order valence-corrected chi connectivity index (χ1v) is 15.3. The van der Waals surface area contributed by atoms with Gasteiger partial charge in [-0.1, -0.05) is 97.8 Å². The van der Waals surface area contributed by atoms with Gasteiger partial charge in [-0.25, -0.2) is 0 Å². The fourth-order valence-electron chi connectivity index (χ4n) is 6.37. The highest BCUT2D eigenvalue weighted by atomic mass is 79.9. The summed E-state index contributed by atoms with van der Waals surface area (Å²) >= 11 is 11.4. The van der Waals surface area contributed by atoms with Crippen molar-refractivity contribution in [3.8, 4) is 22.3 Å². The molecule has 0 aliphatic carbocycles. The third-order valence-corrected chi connectivity index (χ3v) is 10.8. The predicted molar refractivity (Wildman–Crippen MR) is 161 cm³/mol. The first-order valence-electron chi connectivity index (χ1n) is 12.1. The molecule has 2 nitrogen and oxygen atoms in total. The van der Waals surface area contributed by atoms with E-state index in [1.165, 1.54) is 70.1 Å². The van der Waals surface area contributed by atoms with Crippen molar-refractivity contribution in [2.75, 3.05) is 9.80 Å². The molecule has 0 amide bonds. The molecule has 0 atom stereocenters. The van der Waals surface area contributed by atoms with E-state index in [2.05, 4.69) is 133 Å². The molecule has 176 valence electrons. The maximum atomic E-state index is 3.83. The first kappa shape index (κ1) is 21.3. The minimum Gasteiger partial charge on any atom is -0.313 e. The van der Waals surface area contributed by atoms with Crippen LogP contribution in [0.15, 0.2) is 120 Å². The van der Waals surface area contributed by atoms with E-state index in [-0.39, 0.29) is 6.17 Å². The van der Waals surface area contributed by atoms with Crippen LogP contribution in [-0.4, -0.2) is 0 Å². The largest absolute Gasteiger partial charge is 0.313 e. The Balaban J connectivity index is 1.47. The van der Waals surface area contributed by atoms with Crippen molar-refractivity contribution < 1.29 is 0 Å². The summed E-state index contributed by atoms with van der Waals surface area (Å²) in [4.78, 5) is 10.4. The van der Waals surface area contributed by atoms with E-state index in [9.17, 15) is 0 Å². The smallest absolute Gasteiger partial charge is 0.138 e. The lowest BCUT2D eigenvalue weighted by Gasteiger charge is -2.53. The summed E-state index contributed by atoms with van der Waals surface area (Å²) in [6, 6.07) is 33.7. The summed E-state index contributed by atoms with van der Waals surface area (Å²) in [5, 5.41) is 0. The Labute approximate surface area is 240 Å². The van der Waals surface area contributed by atoms with Crippen LogP contribution in [0.25, 0.3) is 22.3 Å². The Morgan fingerprint density at radius 1 is 0.514 bits per heavy atom. The molecule has 37 heavy (non-hydrogen) atoms. The van der Waals surface area contributed by atoms with Crippen molar-refractivity contribution in [2.24, 2.45) is 0 Å². The summed E-state index contributed by atoms with van der Waals surface area (Å²) in [7, 11) is 0. The molecular formula is C31H16Br2N2S2. The second-order valence-electron chi connectivity index (χ2n) is 9.62. The fourth-order valence-corrected chi connectivity index (χ4v) is 9.88. The van der Waals surface area contributed by atoms with E-state index in [0.29, 0.717) is 0 Å². The van der Waals surface area contributed by atoms with Gasteiger partial charge < -0.3 is 9.80 Å². The van der Waals surface area contributed by atoms with E-state index in [1.807, 2.05) is 23.5 Å². The summed E-state index contributed by atoms with van der Waals surface area (Å²) in [6.45, 7) is 0. The number of nitrogens with zero attached hydrogens (tertiary/aromatic N) is 2. The van der Waals surface area contributed by atoms with Crippen LogP contribution in [-0.2, 0) is 0 Å². The molecule has 0 N–H and O–H groups in total. The molecule has 9 rings (SSSR count). The average Bonchev–Trinajstić information content (AvgIpc) is 2.91. The Hall–Kier alpha value is -2.64. The van der Waals surface area contributed by atoms with Crippen molar-refractivity contribution in [2.45, 2.75) is 25.7 Å².